The maximum Gasteiger partial charge on any atom is 0.231 e. The highest BCUT2D eigenvalue weighted by atomic mass is 16.5. The average Bonchev–Trinajstić information content (AvgIpc) is 2.99. The van der Waals surface area contributed by atoms with Crippen LogP contribution < -0.4 is 9.47 Å². The second-order valence-electron chi connectivity index (χ2n) is 7.17. The van der Waals surface area contributed by atoms with Crippen molar-refractivity contribution in [2.45, 2.75) is 27.4 Å². The number of ether oxygens (including phenoxy) is 2. The van der Waals surface area contributed by atoms with E-state index < -0.39 is 0 Å². The Labute approximate surface area is 165 Å². The molecule has 3 nitrogen and oxygen atoms in total. The lowest BCUT2D eigenvalue weighted by Gasteiger charge is -2.10. The van der Waals surface area contributed by atoms with Gasteiger partial charge in [0, 0.05) is 6.07 Å². The molecule has 1 aliphatic rings. The zero-order chi connectivity index (χ0) is 19.7. The van der Waals surface area contributed by atoms with Gasteiger partial charge in [0.15, 0.2) is 5.76 Å². The SMILES string of the molecule is Cc1ccc(C)c(COc2ccc3c(c2)O/C(=C/c2ccccc2C)C3=O)c1. The van der Waals surface area contributed by atoms with Crippen molar-refractivity contribution in [2.24, 2.45) is 0 Å². The van der Waals surface area contributed by atoms with Gasteiger partial charge in [-0.1, -0.05) is 48.0 Å². The molecule has 0 aromatic heterocycles. The summed E-state index contributed by atoms with van der Waals surface area (Å²) in [5.74, 6) is 1.48. The summed E-state index contributed by atoms with van der Waals surface area (Å²) >= 11 is 0. The Kier molecular flexibility index (Phi) is 4.74. The molecule has 0 aliphatic carbocycles. The molecule has 0 saturated heterocycles. The molecule has 0 saturated carbocycles. The number of benzene rings is 3. The van der Waals surface area contributed by atoms with Crippen molar-refractivity contribution < 1.29 is 14.3 Å². The number of aryl methyl sites for hydroxylation is 3. The molecule has 1 heterocycles. The van der Waals surface area contributed by atoms with Gasteiger partial charge in [-0.05, 0) is 61.2 Å². The first-order valence-electron chi connectivity index (χ1n) is 9.34. The van der Waals surface area contributed by atoms with Gasteiger partial charge in [-0.25, -0.2) is 0 Å². The summed E-state index contributed by atoms with van der Waals surface area (Å²) in [5, 5.41) is 0. The highest BCUT2D eigenvalue weighted by molar-refractivity contribution is 6.14. The molecule has 3 aromatic carbocycles. The second-order valence-corrected chi connectivity index (χ2v) is 7.17. The number of allylic oxidation sites excluding steroid dienone is 1. The summed E-state index contributed by atoms with van der Waals surface area (Å²) in [4.78, 5) is 12.7. The monoisotopic (exact) mass is 370 g/mol. The van der Waals surface area contributed by atoms with Gasteiger partial charge in [-0.2, -0.15) is 0 Å². The first kappa shape index (κ1) is 18.1. The van der Waals surface area contributed by atoms with Crippen LogP contribution in [-0.2, 0) is 6.61 Å². The zero-order valence-electron chi connectivity index (χ0n) is 16.3. The van der Waals surface area contributed by atoms with Crippen LogP contribution >= 0.6 is 0 Å². The number of hydrogen-bond acceptors (Lipinski definition) is 3. The Morgan fingerprint density at radius 3 is 2.57 bits per heavy atom. The standard InChI is InChI=1S/C25H22O3/c1-16-8-9-18(3)20(12-16)15-27-21-10-11-22-23(14-21)28-24(25(22)26)13-19-7-5-4-6-17(19)2/h4-14H,15H2,1-3H3/b24-13+. The summed E-state index contributed by atoms with van der Waals surface area (Å²) in [7, 11) is 0. The molecule has 0 amide bonds. The van der Waals surface area contributed by atoms with E-state index in [-0.39, 0.29) is 5.78 Å². The Morgan fingerprint density at radius 1 is 0.929 bits per heavy atom. The molecular formula is C25H22O3. The molecule has 0 N–H and O–H groups in total. The Balaban J connectivity index is 1.54. The van der Waals surface area contributed by atoms with Crippen molar-refractivity contribution in [1.29, 1.82) is 0 Å². The fourth-order valence-electron chi connectivity index (χ4n) is 3.26. The van der Waals surface area contributed by atoms with E-state index in [1.54, 1.807) is 18.2 Å². The van der Waals surface area contributed by atoms with Crippen LogP contribution in [0, 0.1) is 20.8 Å². The van der Waals surface area contributed by atoms with Crippen molar-refractivity contribution >= 4 is 11.9 Å². The van der Waals surface area contributed by atoms with E-state index in [0.717, 1.165) is 16.7 Å². The van der Waals surface area contributed by atoms with Gasteiger partial charge >= 0.3 is 0 Å². The Bertz CT molecular complexity index is 1090. The summed E-state index contributed by atoms with van der Waals surface area (Å²) < 4.78 is 11.8. The predicted octanol–water partition coefficient (Wildman–Crippen LogP) is 5.81. The fraction of sp³-hybridized carbons (Fsp3) is 0.160. The summed E-state index contributed by atoms with van der Waals surface area (Å²) in [6.45, 7) is 6.63. The number of carbonyl (C=O) groups excluding carboxylic acids is 1. The first-order valence-corrected chi connectivity index (χ1v) is 9.34. The number of carbonyl (C=O) groups is 1. The van der Waals surface area contributed by atoms with Gasteiger partial charge < -0.3 is 9.47 Å². The van der Waals surface area contributed by atoms with Crippen molar-refractivity contribution in [3.63, 3.8) is 0 Å². The summed E-state index contributed by atoms with van der Waals surface area (Å²) in [6.07, 6.45) is 1.80. The minimum Gasteiger partial charge on any atom is -0.489 e. The van der Waals surface area contributed by atoms with Crippen LogP contribution in [0.3, 0.4) is 0 Å². The molecule has 0 atom stereocenters. The predicted molar refractivity (Wildman–Crippen MR) is 111 cm³/mol. The average molecular weight is 370 g/mol. The first-order chi connectivity index (χ1) is 13.5. The lowest BCUT2D eigenvalue weighted by Crippen LogP contribution is -1.99. The van der Waals surface area contributed by atoms with E-state index in [2.05, 4.69) is 32.0 Å². The van der Waals surface area contributed by atoms with E-state index in [0.29, 0.717) is 29.4 Å². The number of ketones is 1. The van der Waals surface area contributed by atoms with E-state index >= 15 is 0 Å². The topological polar surface area (TPSA) is 35.5 Å². The van der Waals surface area contributed by atoms with E-state index in [4.69, 9.17) is 9.47 Å². The molecule has 0 fully saturated rings. The maximum absolute atomic E-state index is 12.7. The van der Waals surface area contributed by atoms with Crippen LogP contribution in [-0.4, -0.2) is 5.78 Å². The molecule has 3 aromatic rings. The van der Waals surface area contributed by atoms with Crippen molar-refractivity contribution in [1.82, 2.24) is 0 Å². The third-order valence-electron chi connectivity index (χ3n) is 5.02. The minimum absolute atomic E-state index is 0.0978. The van der Waals surface area contributed by atoms with Crippen LogP contribution in [0.5, 0.6) is 11.5 Å². The molecule has 140 valence electrons. The van der Waals surface area contributed by atoms with Gasteiger partial charge in [0.2, 0.25) is 5.78 Å². The van der Waals surface area contributed by atoms with E-state index in [1.807, 2.05) is 37.3 Å². The van der Waals surface area contributed by atoms with Gasteiger partial charge in [-0.3, -0.25) is 4.79 Å². The molecule has 0 spiro atoms. The molecule has 0 unspecified atom stereocenters. The highest BCUT2D eigenvalue weighted by Crippen LogP contribution is 2.35. The van der Waals surface area contributed by atoms with Gasteiger partial charge in [-0.15, -0.1) is 0 Å². The molecule has 28 heavy (non-hydrogen) atoms. The molecule has 0 bridgehead atoms. The third kappa shape index (κ3) is 3.56. The second kappa shape index (κ2) is 7.35. The summed E-state index contributed by atoms with van der Waals surface area (Å²) in [6, 6.07) is 19.6. The lowest BCUT2D eigenvalue weighted by atomic mass is 10.1. The minimum atomic E-state index is -0.0978. The van der Waals surface area contributed by atoms with E-state index in [1.165, 1.54) is 11.1 Å². The van der Waals surface area contributed by atoms with Crippen molar-refractivity contribution in [3.05, 3.63) is 99.8 Å². The van der Waals surface area contributed by atoms with Crippen LogP contribution in [0.2, 0.25) is 0 Å². The zero-order valence-corrected chi connectivity index (χ0v) is 16.3. The highest BCUT2D eigenvalue weighted by Gasteiger charge is 2.27. The molecule has 4 rings (SSSR count). The number of fused-ring (bicyclic) bond motifs is 1. The number of rotatable bonds is 4. The molecule has 0 radical (unpaired) electrons. The van der Waals surface area contributed by atoms with Crippen molar-refractivity contribution in [2.75, 3.05) is 0 Å². The van der Waals surface area contributed by atoms with Crippen LogP contribution in [0.15, 0.2) is 66.4 Å². The largest absolute Gasteiger partial charge is 0.489 e. The van der Waals surface area contributed by atoms with Crippen LogP contribution in [0.1, 0.15) is 38.2 Å². The summed E-state index contributed by atoms with van der Waals surface area (Å²) in [5.41, 5.74) is 6.20. The quantitative estimate of drug-likeness (QED) is 0.544. The Hall–Kier alpha value is -3.33. The van der Waals surface area contributed by atoms with Gasteiger partial charge in [0.05, 0.1) is 5.56 Å². The normalized spacial score (nSPS) is 14.1. The maximum atomic E-state index is 12.7. The number of Topliss-reactive ketones (excluding diaryl/α,β-unsaturated/α-hetero) is 1. The molecular weight excluding hydrogens is 348 g/mol. The Morgan fingerprint density at radius 2 is 1.75 bits per heavy atom. The van der Waals surface area contributed by atoms with Crippen LogP contribution in [0.25, 0.3) is 6.08 Å². The molecule has 1 aliphatic heterocycles. The van der Waals surface area contributed by atoms with Gasteiger partial charge in [0.1, 0.15) is 18.1 Å². The fourth-order valence-corrected chi connectivity index (χ4v) is 3.26. The number of hydrogen-bond donors (Lipinski definition) is 0. The van der Waals surface area contributed by atoms with Gasteiger partial charge in [0.25, 0.3) is 0 Å². The lowest BCUT2D eigenvalue weighted by molar-refractivity contribution is 0.101. The van der Waals surface area contributed by atoms with Crippen molar-refractivity contribution in [3.8, 4) is 11.5 Å². The van der Waals surface area contributed by atoms with E-state index in [9.17, 15) is 4.79 Å². The molecule has 3 heteroatoms. The van der Waals surface area contributed by atoms with Crippen LogP contribution in [0.4, 0.5) is 0 Å². The third-order valence-corrected chi connectivity index (χ3v) is 5.02. The smallest absolute Gasteiger partial charge is 0.231 e.